The van der Waals surface area contributed by atoms with Crippen LogP contribution in [0.3, 0.4) is 0 Å². The van der Waals surface area contributed by atoms with E-state index in [4.69, 9.17) is 55.1 Å². The van der Waals surface area contributed by atoms with Gasteiger partial charge in [-0.25, -0.2) is 0 Å². The second-order valence-electron chi connectivity index (χ2n) is 37.1. The molecule has 0 aliphatic carbocycles. The van der Waals surface area contributed by atoms with E-state index in [0.29, 0.717) is 91.5 Å². The first kappa shape index (κ1) is 103. The summed E-state index contributed by atoms with van der Waals surface area (Å²) in [6, 6.07) is 80.7. The predicted octanol–water partition coefficient (Wildman–Crippen LogP) is 18.1. The second kappa shape index (κ2) is 50.7. The zero-order chi connectivity index (χ0) is 92.6. The number of aliphatic hydroxyl groups excluding tert-OH is 8. The number of benzene rings is 12. The van der Waals surface area contributed by atoms with Crippen molar-refractivity contribution < 1.29 is 90.5 Å². The topological polar surface area (TPSA) is 322 Å². The van der Waals surface area contributed by atoms with E-state index in [1.54, 1.807) is 0 Å². The molecule has 13 rings (SSSR count). The summed E-state index contributed by atoms with van der Waals surface area (Å²) in [4.78, 5) is 9.81. The third kappa shape index (κ3) is 33.5. The second-order valence-corrected chi connectivity index (χ2v) is 61.2. The van der Waals surface area contributed by atoms with Gasteiger partial charge < -0.3 is 112 Å². The normalized spacial score (nSPS) is 16.4. The van der Waals surface area contributed by atoms with Crippen LogP contribution in [0.4, 0.5) is 22.7 Å². The lowest BCUT2D eigenvalue weighted by Gasteiger charge is -2.53. The zero-order valence-corrected chi connectivity index (χ0v) is 83.6. The molecule has 6 unspecified atom stereocenters. The largest absolute Gasteiger partial charge is 0.472 e. The lowest BCUT2D eigenvalue weighted by molar-refractivity contribution is 0.00548. The number of rotatable bonds is 54. The van der Waals surface area contributed by atoms with Crippen LogP contribution in [0.1, 0.15) is 38.5 Å². The highest BCUT2D eigenvalue weighted by molar-refractivity contribution is 6.95. The number of hydrogen-bond donors (Lipinski definition) is 13. The average Bonchev–Trinajstić information content (AvgIpc) is 0.743. The van der Waals surface area contributed by atoms with Gasteiger partial charge in [-0.15, -0.1) is 0 Å². The Morgan fingerprint density at radius 1 is 0.300 bits per heavy atom. The molecule has 12 aromatic rings. The number of anilines is 4. The minimum atomic E-state index is -2.97. The van der Waals surface area contributed by atoms with Gasteiger partial charge in [0.25, 0.3) is 0 Å². The van der Waals surface area contributed by atoms with Crippen molar-refractivity contribution in [1.29, 1.82) is 0 Å². The standard InChI is InChI=1S/C49H66N2O10Si3.C30H47NO6Si2.C22H29NO3Si/c1-62(2,24-10-21-56-34-43(53)31-50-48-19-8-17-41-27-37-13-4-6-15-39(37)29-46(41)48)59-64(26-12-23-58-36-45(55)33-52)60-63(3,61-64)25-11-22-57-35-44(54)32-51-49-20-9-18-42-28-38-14-5-7-16-40(38)30-47(42)49;1-38(2,37-39(3,4)17-9-15-36-23-28(34)21-32)16-8-14-35-22-27(33)20-31-30-13-7-12-26-18-24-10-5-6-11-25(24)19-29(26)30;1-27(2,25)12-6-11-26-16-20(24)15-23-22-10-5-9-19-13-17-7-3-4-8-18(17)14-21(19)22/h4-9,13-20,27-30,43-45,50-55H,10-12,21-26,31-36H2,1-3H3;5-7,10-13,18-19,27-28,31-34H,8-9,14-17,20-23H2,1-4H3;3-5,7-10,13-14,20,23-25H,6,11-12,15-16H2,1-2H3. The number of aliphatic hydroxyl groups is 8. The fourth-order valence-corrected chi connectivity index (χ4v) is 41.0. The molecule has 1 heterocycles. The van der Waals surface area contributed by atoms with Gasteiger partial charge in [0.05, 0.1) is 77.3 Å². The Balaban J connectivity index is 0.000000209. The molecule has 1 aliphatic heterocycles. The molecule has 12 aromatic carbocycles. The molecular weight excluding hydrogens is 1740 g/mol. The van der Waals surface area contributed by atoms with Crippen molar-refractivity contribution in [3.8, 4) is 0 Å². The van der Waals surface area contributed by atoms with Crippen LogP contribution < -0.4 is 21.3 Å². The summed E-state index contributed by atoms with van der Waals surface area (Å²) >= 11 is 0. The summed E-state index contributed by atoms with van der Waals surface area (Å²) in [5.41, 5.74) is 4.00. The highest BCUT2D eigenvalue weighted by atomic mass is 28.6. The summed E-state index contributed by atoms with van der Waals surface area (Å²) in [5.74, 6) is 0. The molecule has 1 fully saturated rings. The van der Waals surface area contributed by atoms with Crippen molar-refractivity contribution in [3.63, 3.8) is 0 Å². The monoisotopic (exact) mass is 1880 g/mol. The first-order chi connectivity index (χ1) is 62.4. The molecule has 6 atom stereocenters. The van der Waals surface area contributed by atoms with Crippen LogP contribution >= 0.6 is 0 Å². The fraction of sp³-hybridized carbons (Fsp3) is 0.446. The van der Waals surface area contributed by atoms with Gasteiger partial charge in [-0.2, -0.15) is 0 Å². The van der Waals surface area contributed by atoms with E-state index in [2.05, 4.69) is 213 Å². The van der Waals surface area contributed by atoms with Gasteiger partial charge in [0.15, 0.2) is 33.3 Å². The summed E-state index contributed by atoms with van der Waals surface area (Å²) in [6.45, 7) is 24.8. The quantitative estimate of drug-likeness (QED) is 0.00957. The van der Waals surface area contributed by atoms with E-state index in [1.165, 1.54) is 53.9 Å². The summed E-state index contributed by atoms with van der Waals surface area (Å²) in [6.07, 6.45) is 0.626. The van der Waals surface area contributed by atoms with Gasteiger partial charge >= 0.3 is 17.4 Å². The van der Waals surface area contributed by atoms with Gasteiger partial charge in [-0.1, -0.05) is 146 Å². The zero-order valence-electron chi connectivity index (χ0n) is 77.6. The molecule has 130 heavy (non-hydrogen) atoms. The number of fused-ring (bicyclic) bond motifs is 8. The molecule has 23 nitrogen and oxygen atoms in total. The minimum absolute atomic E-state index is 0.0665. The van der Waals surface area contributed by atoms with Crippen molar-refractivity contribution in [2.45, 2.75) is 170 Å². The molecule has 0 bridgehead atoms. The van der Waals surface area contributed by atoms with Crippen molar-refractivity contribution >= 4 is 160 Å². The predicted molar refractivity (Wildman–Crippen MR) is 545 cm³/mol. The summed E-state index contributed by atoms with van der Waals surface area (Å²) in [7, 11) is -13.3. The first-order valence-electron chi connectivity index (χ1n) is 46.3. The smallest absolute Gasteiger partial charge is 0.455 e. The molecule has 0 aromatic heterocycles. The van der Waals surface area contributed by atoms with E-state index in [1.807, 2.05) is 85.9 Å². The van der Waals surface area contributed by atoms with Crippen LogP contribution in [-0.2, 0) is 44.9 Å². The molecule has 1 saturated heterocycles. The van der Waals surface area contributed by atoms with Crippen molar-refractivity contribution in [3.05, 3.63) is 218 Å². The van der Waals surface area contributed by atoms with Crippen LogP contribution in [0.5, 0.6) is 0 Å². The number of nitrogens with one attached hydrogen (secondary N) is 4. The highest BCUT2D eigenvalue weighted by Crippen LogP contribution is 2.42. The molecule has 0 amide bonds. The molecular formula is C101H142N4O19Si6. The Morgan fingerprint density at radius 2 is 0.546 bits per heavy atom. The van der Waals surface area contributed by atoms with Crippen LogP contribution in [-0.4, -0.2) is 252 Å². The Morgan fingerprint density at radius 3 is 0.831 bits per heavy atom. The summed E-state index contributed by atoms with van der Waals surface area (Å²) in [5, 5.41) is 112. The van der Waals surface area contributed by atoms with Crippen molar-refractivity contribution in [1.82, 2.24) is 0 Å². The van der Waals surface area contributed by atoms with Gasteiger partial charge in [0.2, 0.25) is 0 Å². The van der Waals surface area contributed by atoms with E-state index in [9.17, 15) is 35.4 Å². The van der Waals surface area contributed by atoms with Gasteiger partial charge in [-0.3, -0.25) is 0 Å². The van der Waals surface area contributed by atoms with E-state index >= 15 is 0 Å². The molecule has 704 valence electrons. The Labute approximate surface area is 773 Å². The maximum absolute atomic E-state index is 10.8. The van der Waals surface area contributed by atoms with Crippen LogP contribution in [0.2, 0.25) is 95.2 Å². The molecule has 29 heteroatoms. The van der Waals surface area contributed by atoms with E-state index < -0.39 is 87.3 Å². The Bertz CT molecular complexity index is 5460. The van der Waals surface area contributed by atoms with Gasteiger partial charge in [0, 0.05) is 116 Å². The van der Waals surface area contributed by atoms with Crippen LogP contribution in [0, 0.1) is 0 Å². The Kier molecular flexibility index (Phi) is 40.2. The molecule has 1 aliphatic rings. The molecule has 0 radical (unpaired) electrons. The molecule has 0 saturated carbocycles. The lowest BCUT2D eigenvalue weighted by atomic mass is 10.0. The number of hydrogen-bond acceptors (Lipinski definition) is 23. The van der Waals surface area contributed by atoms with Gasteiger partial charge in [0.1, 0.15) is 12.2 Å². The Hall–Kier alpha value is -7.54. The van der Waals surface area contributed by atoms with Crippen molar-refractivity contribution in [2.75, 3.05) is 140 Å². The lowest BCUT2D eigenvalue weighted by Crippen LogP contribution is -2.72. The summed E-state index contributed by atoms with van der Waals surface area (Å²) < 4.78 is 61.3. The molecule has 0 spiro atoms. The maximum Gasteiger partial charge on any atom is 0.472 e. The maximum atomic E-state index is 10.8. The SMILES string of the molecule is C[Si](C)(CCCOCC(O)CNc1cccc2cc3ccccc3cc12)O[Si]1(CCCOCC(O)CO)O[Si](C)(CCCOCC(O)CNc2cccc3cc4ccccc4cc23)O1.C[Si](C)(CCCOCC(O)CO)O[Si](C)(C)CCCOCC(O)CNc1cccc2cc3ccccc3cc12.C[Si](C)(O)CCCOCC(O)CNc1cccc2cc3ccccc3cc12. The van der Waals surface area contributed by atoms with E-state index in [-0.39, 0.29) is 39.6 Å². The number of ether oxygens (including phenoxy) is 6. The van der Waals surface area contributed by atoms with E-state index in [0.717, 1.165) is 117 Å². The van der Waals surface area contributed by atoms with Crippen LogP contribution in [0.25, 0.3) is 86.2 Å². The van der Waals surface area contributed by atoms with Crippen LogP contribution in [0.15, 0.2) is 218 Å². The fourth-order valence-electron chi connectivity index (χ4n) is 16.6. The average molecular weight is 1880 g/mol. The van der Waals surface area contributed by atoms with Crippen molar-refractivity contribution in [2.24, 2.45) is 0 Å². The first-order valence-corrected chi connectivity index (χ1v) is 63.3. The highest BCUT2D eigenvalue weighted by Gasteiger charge is 2.63. The third-order valence-corrected chi connectivity index (χ3v) is 45.4. The third-order valence-electron chi connectivity index (χ3n) is 23.1. The van der Waals surface area contributed by atoms with Gasteiger partial charge in [-0.05, 0) is 265 Å². The minimum Gasteiger partial charge on any atom is -0.455 e. The molecule has 13 N–H and O–H groups in total.